The smallest absolute Gasteiger partial charge is 0.240 e. The van der Waals surface area contributed by atoms with Crippen LogP contribution in [0.4, 0.5) is 0 Å². The van der Waals surface area contributed by atoms with Crippen molar-refractivity contribution in [2.24, 2.45) is 0 Å². The average molecular weight is 298 g/mol. The van der Waals surface area contributed by atoms with E-state index < -0.39 is 10.0 Å². The number of nitrogens with one attached hydrogen (secondary N) is 1. The fraction of sp³-hybridized carbons (Fsp3) is 0.250. The number of rotatable bonds is 6. The van der Waals surface area contributed by atoms with Crippen LogP contribution in [0.1, 0.15) is 11.3 Å². The van der Waals surface area contributed by atoms with Crippen molar-refractivity contribution in [3.63, 3.8) is 0 Å². The Morgan fingerprint density at radius 2 is 2.20 bits per heavy atom. The molecular formula is C12H14N2O5S. The second-order valence-electron chi connectivity index (χ2n) is 3.95. The van der Waals surface area contributed by atoms with E-state index in [-0.39, 0.29) is 18.0 Å². The maximum atomic E-state index is 12.1. The highest BCUT2D eigenvalue weighted by Crippen LogP contribution is 2.22. The molecule has 0 saturated heterocycles. The van der Waals surface area contributed by atoms with Crippen molar-refractivity contribution in [3.8, 4) is 5.75 Å². The quantitative estimate of drug-likeness (QED) is 0.812. The number of methoxy groups -OCH3 is 1. The Balaban J connectivity index is 2.20. The van der Waals surface area contributed by atoms with Crippen molar-refractivity contribution < 1.29 is 22.8 Å². The summed E-state index contributed by atoms with van der Waals surface area (Å²) in [4.78, 5) is 0.0471. The maximum absolute atomic E-state index is 12.1. The van der Waals surface area contributed by atoms with Gasteiger partial charge in [0.15, 0.2) is 0 Å². The van der Waals surface area contributed by atoms with E-state index in [9.17, 15) is 13.5 Å². The molecule has 0 unspecified atom stereocenters. The number of benzene rings is 1. The van der Waals surface area contributed by atoms with Crippen LogP contribution in [0, 0.1) is 0 Å². The molecule has 0 spiro atoms. The van der Waals surface area contributed by atoms with Crippen molar-refractivity contribution in [3.05, 3.63) is 41.8 Å². The molecule has 0 fully saturated rings. The van der Waals surface area contributed by atoms with Gasteiger partial charge in [-0.3, -0.25) is 0 Å². The van der Waals surface area contributed by atoms with E-state index in [1.54, 1.807) is 6.07 Å². The molecule has 0 aliphatic heterocycles. The molecule has 2 N–H and O–H groups in total. The van der Waals surface area contributed by atoms with E-state index >= 15 is 0 Å². The fourth-order valence-corrected chi connectivity index (χ4v) is 2.68. The van der Waals surface area contributed by atoms with E-state index in [0.29, 0.717) is 17.0 Å². The van der Waals surface area contributed by atoms with E-state index in [2.05, 4.69) is 14.4 Å². The van der Waals surface area contributed by atoms with Crippen molar-refractivity contribution in [1.82, 2.24) is 9.88 Å². The number of sulfonamides is 1. The molecule has 8 heteroatoms. The van der Waals surface area contributed by atoms with Crippen molar-refractivity contribution in [2.75, 3.05) is 7.11 Å². The van der Waals surface area contributed by atoms with Gasteiger partial charge in [0.2, 0.25) is 10.0 Å². The van der Waals surface area contributed by atoms with Crippen molar-refractivity contribution in [2.45, 2.75) is 18.0 Å². The molecule has 108 valence electrons. The molecule has 7 nitrogen and oxygen atoms in total. The monoisotopic (exact) mass is 298 g/mol. The molecule has 0 bridgehead atoms. The zero-order valence-corrected chi connectivity index (χ0v) is 11.6. The summed E-state index contributed by atoms with van der Waals surface area (Å²) in [6.45, 7) is -0.283. The summed E-state index contributed by atoms with van der Waals surface area (Å²) in [5.41, 5.74) is 0.876. The maximum Gasteiger partial charge on any atom is 0.240 e. The number of aliphatic hydroxyl groups is 1. The molecular weight excluding hydrogens is 284 g/mol. The van der Waals surface area contributed by atoms with Gasteiger partial charge in [0, 0.05) is 11.6 Å². The van der Waals surface area contributed by atoms with Crippen LogP contribution in [-0.2, 0) is 23.2 Å². The number of ether oxygens (including phenoxy) is 1. The van der Waals surface area contributed by atoms with E-state index in [4.69, 9.17) is 4.74 Å². The Morgan fingerprint density at radius 3 is 2.80 bits per heavy atom. The Kier molecular flexibility index (Phi) is 4.38. The molecule has 0 atom stereocenters. The molecule has 20 heavy (non-hydrogen) atoms. The first-order valence-corrected chi connectivity index (χ1v) is 7.22. The fourth-order valence-electron chi connectivity index (χ4n) is 1.63. The lowest BCUT2D eigenvalue weighted by Gasteiger charge is -2.10. The molecule has 0 radical (unpaired) electrons. The minimum absolute atomic E-state index is 0.0271. The second-order valence-corrected chi connectivity index (χ2v) is 5.71. The summed E-state index contributed by atoms with van der Waals surface area (Å²) in [5.74, 6) is 0.433. The third kappa shape index (κ3) is 3.16. The summed E-state index contributed by atoms with van der Waals surface area (Å²) < 4.78 is 36.2. The first kappa shape index (κ1) is 14.5. The summed E-state index contributed by atoms with van der Waals surface area (Å²) >= 11 is 0. The largest absolute Gasteiger partial charge is 0.496 e. The minimum Gasteiger partial charge on any atom is -0.496 e. The summed E-state index contributed by atoms with van der Waals surface area (Å²) in [6.07, 6.45) is 1.36. The summed E-state index contributed by atoms with van der Waals surface area (Å²) in [5, 5.41) is 12.8. The zero-order chi connectivity index (χ0) is 14.6. The van der Waals surface area contributed by atoms with E-state index in [1.165, 1.54) is 31.6 Å². The van der Waals surface area contributed by atoms with Crippen LogP contribution in [0.15, 0.2) is 39.9 Å². The molecule has 0 aliphatic rings. The topological polar surface area (TPSA) is 102 Å². The van der Waals surface area contributed by atoms with Gasteiger partial charge in [-0.15, -0.1) is 0 Å². The predicted octanol–water partition coefficient (Wildman–Crippen LogP) is 0.654. The minimum atomic E-state index is -3.69. The number of aliphatic hydroxyl groups excluding tert-OH is 1. The highest BCUT2D eigenvalue weighted by molar-refractivity contribution is 7.89. The van der Waals surface area contributed by atoms with E-state index in [1.807, 2.05) is 0 Å². The number of nitrogens with zero attached hydrogens (tertiary/aromatic N) is 1. The Morgan fingerprint density at radius 1 is 1.40 bits per heavy atom. The van der Waals surface area contributed by atoms with Gasteiger partial charge in [-0.05, 0) is 18.2 Å². The molecule has 1 aromatic heterocycles. The van der Waals surface area contributed by atoms with Crippen LogP contribution in [0.25, 0.3) is 0 Å². The van der Waals surface area contributed by atoms with Crippen molar-refractivity contribution in [1.29, 1.82) is 0 Å². The van der Waals surface area contributed by atoms with Crippen LogP contribution in [0.2, 0.25) is 0 Å². The number of hydrogen-bond donors (Lipinski definition) is 2. The van der Waals surface area contributed by atoms with Gasteiger partial charge in [0.1, 0.15) is 12.0 Å². The molecule has 0 aliphatic carbocycles. The number of hydrogen-bond acceptors (Lipinski definition) is 6. The highest BCUT2D eigenvalue weighted by atomic mass is 32.2. The Labute approximate surface area is 116 Å². The summed E-state index contributed by atoms with van der Waals surface area (Å²) in [6, 6.07) is 5.83. The predicted molar refractivity (Wildman–Crippen MR) is 69.4 cm³/mol. The van der Waals surface area contributed by atoms with Crippen LogP contribution in [0.5, 0.6) is 5.75 Å². The lowest BCUT2D eigenvalue weighted by Crippen LogP contribution is -2.23. The van der Waals surface area contributed by atoms with Gasteiger partial charge in [0.25, 0.3) is 0 Å². The van der Waals surface area contributed by atoms with Crippen LogP contribution >= 0.6 is 0 Å². The second kappa shape index (κ2) is 6.04. The third-order valence-corrected chi connectivity index (χ3v) is 4.07. The van der Waals surface area contributed by atoms with Crippen molar-refractivity contribution >= 4 is 10.0 Å². The van der Waals surface area contributed by atoms with Gasteiger partial charge in [0.05, 0.1) is 30.9 Å². The van der Waals surface area contributed by atoms with Gasteiger partial charge < -0.3 is 14.4 Å². The number of aromatic nitrogens is 1. The average Bonchev–Trinajstić information content (AvgIpc) is 2.97. The Bertz CT molecular complexity index is 667. The molecule has 1 heterocycles. The lowest BCUT2D eigenvalue weighted by atomic mass is 10.2. The van der Waals surface area contributed by atoms with Gasteiger partial charge in [-0.2, -0.15) is 0 Å². The highest BCUT2D eigenvalue weighted by Gasteiger charge is 2.16. The van der Waals surface area contributed by atoms with Crippen LogP contribution in [0.3, 0.4) is 0 Å². The van der Waals surface area contributed by atoms with Crippen LogP contribution < -0.4 is 9.46 Å². The molecule has 1 aromatic carbocycles. The molecule has 2 aromatic rings. The first-order valence-electron chi connectivity index (χ1n) is 5.73. The standard InChI is InChI=1S/C12H14N2O5S/c1-18-12-3-2-11(6-9(12)8-15)20(16,17)13-7-10-4-5-19-14-10/h2-6,13,15H,7-8H2,1H3. The van der Waals surface area contributed by atoms with Crippen LogP contribution in [-0.4, -0.2) is 25.8 Å². The molecule has 0 saturated carbocycles. The normalized spacial score (nSPS) is 11.5. The molecule has 0 amide bonds. The molecule has 2 rings (SSSR count). The third-order valence-electron chi connectivity index (χ3n) is 2.67. The van der Waals surface area contributed by atoms with Gasteiger partial charge in [-0.1, -0.05) is 5.16 Å². The van der Waals surface area contributed by atoms with E-state index in [0.717, 1.165) is 0 Å². The first-order chi connectivity index (χ1) is 9.56. The zero-order valence-electron chi connectivity index (χ0n) is 10.7. The van der Waals surface area contributed by atoms with Gasteiger partial charge >= 0.3 is 0 Å². The summed E-state index contributed by atoms with van der Waals surface area (Å²) in [7, 11) is -2.24. The Hall–Kier alpha value is -1.90. The lowest BCUT2D eigenvalue weighted by molar-refractivity contribution is 0.273. The SMILES string of the molecule is COc1ccc(S(=O)(=O)NCc2ccon2)cc1CO. The van der Waals surface area contributed by atoms with Gasteiger partial charge in [-0.25, -0.2) is 13.1 Å².